The average Bonchev–Trinajstić information content (AvgIpc) is 2.31. The molecule has 0 radical (unpaired) electrons. The van der Waals surface area contributed by atoms with E-state index in [1.807, 2.05) is 19.1 Å². The molecule has 4 nitrogen and oxygen atoms in total. The Morgan fingerprint density at radius 1 is 1.22 bits per heavy atom. The van der Waals surface area contributed by atoms with Gasteiger partial charge in [-0.3, -0.25) is 4.72 Å². The summed E-state index contributed by atoms with van der Waals surface area (Å²) >= 11 is 3.31. The Morgan fingerprint density at radius 3 is 2.61 bits per heavy atom. The lowest BCUT2D eigenvalue weighted by Gasteiger charge is -2.09. The topological polar surface area (TPSA) is 58.2 Å². The zero-order valence-electron chi connectivity index (χ0n) is 10.4. The molecule has 102 valence electrons. The molecule has 0 saturated heterocycles. The molecule has 1 rings (SSSR count). The van der Waals surface area contributed by atoms with Crippen LogP contribution in [0.3, 0.4) is 0 Å². The van der Waals surface area contributed by atoms with Gasteiger partial charge in [-0.15, -0.1) is 0 Å². The van der Waals surface area contributed by atoms with Crippen molar-refractivity contribution in [3.05, 3.63) is 28.7 Å². The lowest BCUT2D eigenvalue weighted by atomic mass is 10.3. The number of para-hydroxylation sites is 1. The number of rotatable bonds is 8. The van der Waals surface area contributed by atoms with Gasteiger partial charge in [0.15, 0.2) is 0 Å². The number of unbranched alkanes of at least 4 members (excludes halogenated alkanes) is 1. The van der Waals surface area contributed by atoms with E-state index in [1.54, 1.807) is 12.1 Å². The van der Waals surface area contributed by atoms with E-state index in [1.165, 1.54) is 0 Å². The van der Waals surface area contributed by atoms with Crippen molar-refractivity contribution in [2.45, 2.75) is 19.8 Å². The predicted octanol–water partition coefficient (Wildman–Crippen LogP) is 2.58. The van der Waals surface area contributed by atoms with Crippen LogP contribution >= 0.6 is 15.9 Å². The van der Waals surface area contributed by atoms with E-state index in [-0.39, 0.29) is 5.75 Å². The van der Waals surface area contributed by atoms with Crippen molar-refractivity contribution in [3.63, 3.8) is 0 Å². The smallest absolute Gasteiger partial charge is 0.232 e. The van der Waals surface area contributed by atoms with Crippen LogP contribution in [-0.2, 0) is 10.0 Å². The summed E-state index contributed by atoms with van der Waals surface area (Å²) in [6.07, 6.45) is 1.53. The first-order valence-corrected chi connectivity index (χ1v) is 8.45. The Labute approximate surface area is 117 Å². The fourth-order valence-corrected chi connectivity index (χ4v) is 3.20. The van der Waals surface area contributed by atoms with Gasteiger partial charge in [0.1, 0.15) is 0 Å². The van der Waals surface area contributed by atoms with Crippen LogP contribution in [-0.4, -0.2) is 27.3 Å². The SMILES string of the molecule is CCNCCCCS(=O)(=O)Nc1ccccc1Br. The Morgan fingerprint density at radius 2 is 1.94 bits per heavy atom. The van der Waals surface area contributed by atoms with E-state index < -0.39 is 10.0 Å². The van der Waals surface area contributed by atoms with E-state index >= 15 is 0 Å². The molecule has 0 amide bonds. The summed E-state index contributed by atoms with van der Waals surface area (Å²) in [4.78, 5) is 0. The summed E-state index contributed by atoms with van der Waals surface area (Å²) in [6.45, 7) is 3.81. The van der Waals surface area contributed by atoms with Gasteiger partial charge < -0.3 is 5.32 Å². The minimum atomic E-state index is -3.25. The molecule has 0 aliphatic heterocycles. The Bertz CT molecular complexity index is 463. The van der Waals surface area contributed by atoms with E-state index in [9.17, 15) is 8.42 Å². The molecule has 0 aliphatic rings. The summed E-state index contributed by atoms with van der Waals surface area (Å²) in [5, 5.41) is 3.17. The quantitative estimate of drug-likeness (QED) is 0.718. The predicted molar refractivity (Wildman–Crippen MR) is 79.3 cm³/mol. The van der Waals surface area contributed by atoms with Gasteiger partial charge in [-0.1, -0.05) is 19.1 Å². The maximum absolute atomic E-state index is 11.8. The molecule has 0 atom stereocenters. The van der Waals surface area contributed by atoms with E-state index in [2.05, 4.69) is 26.0 Å². The zero-order chi connectivity index (χ0) is 13.4. The van der Waals surface area contributed by atoms with Crippen molar-refractivity contribution < 1.29 is 8.42 Å². The van der Waals surface area contributed by atoms with Crippen LogP contribution in [0.15, 0.2) is 28.7 Å². The van der Waals surface area contributed by atoms with Crippen molar-refractivity contribution in [1.29, 1.82) is 0 Å². The van der Waals surface area contributed by atoms with Gasteiger partial charge in [0.05, 0.1) is 11.4 Å². The fourth-order valence-electron chi connectivity index (χ4n) is 1.48. The first kappa shape index (κ1) is 15.5. The average molecular weight is 335 g/mol. The van der Waals surface area contributed by atoms with Crippen LogP contribution in [0.25, 0.3) is 0 Å². The number of nitrogens with one attached hydrogen (secondary N) is 2. The second-order valence-electron chi connectivity index (χ2n) is 3.96. The third kappa shape index (κ3) is 5.84. The van der Waals surface area contributed by atoms with E-state index in [0.29, 0.717) is 12.1 Å². The molecule has 2 N–H and O–H groups in total. The molecule has 6 heteroatoms. The Kier molecular flexibility index (Phi) is 6.67. The monoisotopic (exact) mass is 334 g/mol. The van der Waals surface area contributed by atoms with Gasteiger partial charge in [0.2, 0.25) is 10.0 Å². The van der Waals surface area contributed by atoms with Crippen LogP contribution in [0.5, 0.6) is 0 Å². The lowest BCUT2D eigenvalue weighted by Crippen LogP contribution is -2.19. The molecular weight excluding hydrogens is 316 g/mol. The maximum atomic E-state index is 11.8. The van der Waals surface area contributed by atoms with Gasteiger partial charge in [-0.05, 0) is 54.0 Å². The number of benzene rings is 1. The van der Waals surface area contributed by atoms with Gasteiger partial charge in [-0.25, -0.2) is 8.42 Å². The molecule has 1 aromatic rings. The normalized spacial score (nSPS) is 11.4. The second kappa shape index (κ2) is 7.76. The number of anilines is 1. The molecule has 0 aliphatic carbocycles. The molecule has 0 unspecified atom stereocenters. The highest BCUT2D eigenvalue weighted by Crippen LogP contribution is 2.22. The third-order valence-electron chi connectivity index (χ3n) is 2.41. The molecule has 0 heterocycles. The highest BCUT2D eigenvalue weighted by Gasteiger charge is 2.11. The fraction of sp³-hybridized carbons (Fsp3) is 0.500. The van der Waals surface area contributed by atoms with Gasteiger partial charge in [-0.2, -0.15) is 0 Å². The third-order valence-corrected chi connectivity index (χ3v) is 4.45. The molecule has 0 aromatic heterocycles. The first-order chi connectivity index (χ1) is 8.55. The van der Waals surface area contributed by atoms with Crippen molar-refractivity contribution in [3.8, 4) is 0 Å². The van der Waals surface area contributed by atoms with Crippen molar-refractivity contribution in [1.82, 2.24) is 5.32 Å². The van der Waals surface area contributed by atoms with E-state index in [4.69, 9.17) is 0 Å². The van der Waals surface area contributed by atoms with Gasteiger partial charge in [0, 0.05) is 4.47 Å². The summed E-state index contributed by atoms with van der Waals surface area (Å²) in [5.74, 6) is 0.153. The zero-order valence-corrected chi connectivity index (χ0v) is 12.9. The standard InChI is InChI=1S/C12H19BrN2O2S/c1-2-14-9-5-6-10-18(16,17)15-12-8-4-3-7-11(12)13/h3-4,7-8,14-15H,2,5-6,9-10H2,1H3. The van der Waals surface area contributed by atoms with Gasteiger partial charge >= 0.3 is 0 Å². The maximum Gasteiger partial charge on any atom is 0.232 e. The van der Waals surface area contributed by atoms with Crippen LogP contribution in [0, 0.1) is 0 Å². The summed E-state index contributed by atoms with van der Waals surface area (Å²) in [6, 6.07) is 7.19. The highest BCUT2D eigenvalue weighted by atomic mass is 79.9. The number of hydrogen-bond donors (Lipinski definition) is 2. The van der Waals surface area contributed by atoms with Crippen LogP contribution in [0.2, 0.25) is 0 Å². The molecular formula is C12H19BrN2O2S. The van der Waals surface area contributed by atoms with Crippen molar-refractivity contribution >= 4 is 31.6 Å². The number of sulfonamides is 1. The van der Waals surface area contributed by atoms with E-state index in [0.717, 1.165) is 24.0 Å². The molecule has 0 fully saturated rings. The molecule has 18 heavy (non-hydrogen) atoms. The lowest BCUT2D eigenvalue weighted by molar-refractivity contribution is 0.593. The van der Waals surface area contributed by atoms with Gasteiger partial charge in [0.25, 0.3) is 0 Å². The largest absolute Gasteiger partial charge is 0.317 e. The second-order valence-corrected chi connectivity index (χ2v) is 6.66. The summed E-state index contributed by atoms with van der Waals surface area (Å²) < 4.78 is 27.0. The Balaban J connectivity index is 2.43. The summed E-state index contributed by atoms with van der Waals surface area (Å²) in [5.41, 5.74) is 0.587. The Hall–Kier alpha value is -0.590. The number of halogens is 1. The molecule has 0 bridgehead atoms. The first-order valence-electron chi connectivity index (χ1n) is 6.01. The highest BCUT2D eigenvalue weighted by molar-refractivity contribution is 9.10. The molecule has 0 spiro atoms. The number of hydrogen-bond acceptors (Lipinski definition) is 3. The van der Waals surface area contributed by atoms with Crippen LogP contribution in [0.1, 0.15) is 19.8 Å². The van der Waals surface area contributed by atoms with Crippen molar-refractivity contribution in [2.24, 2.45) is 0 Å². The summed E-state index contributed by atoms with van der Waals surface area (Å²) in [7, 11) is -3.25. The van der Waals surface area contributed by atoms with Crippen LogP contribution in [0.4, 0.5) is 5.69 Å². The van der Waals surface area contributed by atoms with Crippen LogP contribution < -0.4 is 10.0 Å². The van der Waals surface area contributed by atoms with Crippen molar-refractivity contribution in [2.75, 3.05) is 23.6 Å². The minimum Gasteiger partial charge on any atom is -0.317 e. The molecule has 1 aromatic carbocycles. The molecule has 0 saturated carbocycles. The minimum absolute atomic E-state index is 0.153.